The Labute approximate surface area is 212 Å². The lowest BCUT2D eigenvalue weighted by molar-refractivity contribution is -0.184. The third-order valence-electron chi connectivity index (χ3n) is 6.70. The molecule has 0 aliphatic carbocycles. The first-order valence-corrected chi connectivity index (χ1v) is 13.4. The molecule has 2 aromatic rings. The Morgan fingerprint density at radius 1 is 1.11 bits per heavy atom. The second-order valence-corrected chi connectivity index (χ2v) is 12.0. The molecule has 190 valence electrons. The van der Waals surface area contributed by atoms with E-state index >= 15 is 0 Å². The van der Waals surface area contributed by atoms with Crippen LogP contribution in [0.1, 0.15) is 27.9 Å². The molecule has 6 nitrogen and oxygen atoms in total. The van der Waals surface area contributed by atoms with Crippen molar-refractivity contribution in [2.75, 3.05) is 37.3 Å². The maximum Gasteiger partial charge on any atom is 0.400 e. The molecule has 0 bridgehead atoms. The molecule has 2 heterocycles. The number of hydrogen-bond acceptors (Lipinski definition) is 4. The normalized spacial score (nSPS) is 21.7. The van der Waals surface area contributed by atoms with Crippen LogP contribution in [0.5, 0.6) is 0 Å². The number of halogens is 5. The van der Waals surface area contributed by atoms with Gasteiger partial charge in [-0.1, -0.05) is 23.2 Å². The lowest BCUT2D eigenvalue weighted by Gasteiger charge is -2.37. The van der Waals surface area contributed by atoms with Crippen molar-refractivity contribution < 1.29 is 26.4 Å². The minimum atomic E-state index is -4.52. The molecule has 35 heavy (non-hydrogen) atoms. The first-order chi connectivity index (χ1) is 16.2. The van der Waals surface area contributed by atoms with Gasteiger partial charge in [-0.2, -0.15) is 17.5 Å². The number of benzene rings is 2. The quantitative estimate of drug-likeness (QED) is 0.600. The van der Waals surface area contributed by atoms with Gasteiger partial charge in [0.2, 0.25) is 10.0 Å². The summed E-state index contributed by atoms with van der Waals surface area (Å²) in [7, 11) is -3.29. The third kappa shape index (κ3) is 5.12. The smallest absolute Gasteiger partial charge is 0.370 e. The highest BCUT2D eigenvalue weighted by Crippen LogP contribution is 2.49. The lowest BCUT2D eigenvalue weighted by atomic mass is 9.79. The number of anilines is 1. The second-order valence-electron chi connectivity index (χ2n) is 9.16. The molecule has 2 aliphatic heterocycles. The Hall–Kier alpha value is -2.01. The van der Waals surface area contributed by atoms with E-state index in [4.69, 9.17) is 23.2 Å². The Bertz CT molecular complexity index is 1250. The van der Waals surface area contributed by atoms with E-state index in [9.17, 15) is 26.4 Å². The van der Waals surface area contributed by atoms with E-state index < -0.39 is 21.6 Å². The summed E-state index contributed by atoms with van der Waals surface area (Å²) in [6, 6.07) is 8.64. The molecular weight excluding hydrogens is 526 g/mol. The zero-order chi connectivity index (χ0) is 25.8. The summed E-state index contributed by atoms with van der Waals surface area (Å²) in [5.41, 5.74) is -0.531. The van der Waals surface area contributed by atoms with Gasteiger partial charge >= 0.3 is 6.18 Å². The number of alkyl halides is 3. The number of amides is 1. The van der Waals surface area contributed by atoms with Crippen molar-refractivity contribution in [1.29, 1.82) is 0 Å². The van der Waals surface area contributed by atoms with E-state index in [0.717, 1.165) is 6.26 Å². The molecule has 2 aliphatic rings. The van der Waals surface area contributed by atoms with Gasteiger partial charge in [0.25, 0.3) is 5.91 Å². The molecule has 1 amide bonds. The van der Waals surface area contributed by atoms with E-state index in [2.05, 4.69) is 5.32 Å². The predicted molar refractivity (Wildman–Crippen MR) is 130 cm³/mol. The third-order valence-corrected chi connectivity index (χ3v) is 8.37. The van der Waals surface area contributed by atoms with Crippen molar-refractivity contribution in [3.63, 3.8) is 0 Å². The van der Waals surface area contributed by atoms with Crippen LogP contribution in [-0.4, -0.2) is 63.3 Å². The van der Waals surface area contributed by atoms with Gasteiger partial charge in [-0.15, -0.1) is 0 Å². The van der Waals surface area contributed by atoms with E-state index in [1.807, 2.05) is 0 Å². The van der Waals surface area contributed by atoms with Gasteiger partial charge in [0.1, 0.15) is 5.41 Å². The number of rotatable bonds is 5. The first-order valence-electron chi connectivity index (χ1n) is 10.8. The summed E-state index contributed by atoms with van der Waals surface area (Å²) in [6.07, 6.45) is -3.57. The molecule has 1 N–H and O–H groups in total. The van der Waals surface area contributed by atoms with Gasteiger partial charge < -0.3 is 10.2 Å². The van der Waals surface area contributed by atoms with Gasteiger partial charge in [0, 0.05) is 47.5 Å². The Kier molecular flexibility index (Phi) is 6.80. The molecule has 0 aromatic heterocycles. The minimum absolute atomic E-state index is 0.0290. The highest BCUT2D eigenvalue weighted by atomic mass is 35.5. The van der Waals surface area contributed by atoms with Crippen LogP contribution in [0.2, 0.25) is 10.0 Å². The number of nitrogens with zero attached hydrogens (tertiary/aromatic N) is 2. The minimum Gasteiger partial charge on any atom is -0.370 e. The van der Waals surface area contributed by atoms with Crippen molar-refractivity contribution in [2.45, 2.75) is 31.0 Å². The van der Waals surface area contributed by atoms with Crippen LogP contribution in [0.25, 0.3) is 0 Å². The average molecular weight is 550 g/mol. The van der Waals surface area contributed by atoms with Crippen LogP contribution in [-0.2, 0) is 15.4 Å². The van der Waals surface area contributed by atoms with Crippen LogP contribution in [0, 0.1) is 6.92 Å². The summed E-state index contributed by atoms with van der Waals surface area (Å²) in [5, 5.41) is 3.09. The predicted octanol–water partition coefficient (Wildman–Crippen LogP) is 4.39. The van der Waals surface area contributed by atoms with Gasteiger partial charge in [0.15, 0.2) is 0 Å². The van der Waals surface area contributed by atoms with E-state index in [-0.39, 0.29) is 60.2 Å². The van der Waals surface area contributed by atoms with Crippen LogP contribution >= 0.6 is 23.2 Å². The second kappa shape index (κ2) is 9.14. The zero-order valence-electron chi connectivity index (χ0n) is 19.0. The van der Waals surface area contributed by atoms with Gasteiger partial charge in [-0.3, -0.25) is 4.79 Å². The summed E-state index contributed by atoms with van der Waals surface area (Å²) in [6.45, 7) is 2.00. The molecule has 1 unspecified atom stereocenters. The molecule has 1 atom stereocenters. The fraction of sp³-hybridized carbons (Fsp3) is 0.435. The first kappa shape index (κ1) is 26.1. The summed E-state index contributed by atoms with van der Waals surface area (Å²) in [4.78, 5) is 14.3. The largest absolute Gasteiger partial charge is 0.400 e. The van der Waals surface area contributed by atoms with E-state index in [1.165, 1.54) is 22.5 Å². The van der Waals surface area contributed by atoms with Crippen LogP contribution < -0.4 is 10.2 Å². The van der Waals surface area contributed by atoms with E-state index in [0.29, 0.717) is 16.8 Å². The van der Waals surface area contributed by atoms with Crippen molar-refractivity contribution in [1.82, 2.24) is 9.62 Å². The van der Waals surface area contributed by atoms with Crippen molar-refractivity contribution >= 4 is 44.8 Å². The van der Waals surface area contributed by atoms with Crippen LogP contribution in [0.4, 0.5) is 18.9 Å². The Balaban J connectivity index is 1.51. The van der Waals surface area contributed by atoms with Crippen molar-refractivity contribution in [3.05, 3.63) is 63.1 Å². The number of carbonyl (C=O) groups is 1. The Morgan fingerprint density at radius 3 is 2.29 bits per heavy atom. The van der Waals surface area contributed by atoms with Gasteiger partial charge in [-0.25, -0.2) is 8.42 Å². The van der Waals surface area contributed by atoms with Crippen molar-refractivity contribution in [2.24, 2.45) is 0 Å². The van der Waals surface area contributed by atoms with E-state index in [1.54, 1.807) is 30.0 Å². The molecule has 4 rings (SSSR count). The highest BCUT2D eigenvalue weighted by molar-refractivity contribution is 7.88. The lowest BCUT2D eigenvalue weighted by Crippen LogP contribution is -2.60. The molecule has 12 heteroatoms. The number of hydrogen-bond donors (Lipinski definition) is 1. The monoisotopic (exact) mass is 549 g/mol. The van der Waals surface area contributed by atoms with Crippen molar-refractivity contribution in [3.8, 4) is 0 Å². The Morgan fingerprint density at radius 2 is 1.74 bits per heavy atom. The topological polar surface area (TPSA) is 69.7 Å². The van der Waals surface area contributed by atoms with Crippen LogP contribution in [0.3, 0.4) is 0 Å². The number of carbonyl (C=O) groups excluding carboxylic acids is 1. The average Bonchev–Trinajstić information content (AvgIpc) is 3.15. The fourth-order valence-electron chi connectivity index (χ4n) is 4.65. The van der Waals surface area contributed by atoms with Gasteiger partial charge in [-0.05, 0) is 60.9 Å². The molecule has 0 saturated carbocycles. The molecule has 2 aromatic carbocycles. The molecule has 0 spiro atoms. The number of nitrogens with one attached hydrogen (secondary N) is 1. The van der Waals surface area contributed by atoms with Crippen LogP contribution in [0.15, 0.2) is 36.4 Å². The SMILES string of the molecule is Cc1cc(N2CCC(c3cc(Cl)cc(Cl)c3)(C(F)(F)F)C2)ccc1C(=O)NC1CN(S(C)(=O)=O)C1. The number of aryl methyl sites for hydroxylation is 1. The summed E-state index contributed by atoms with van der Waals surface area (Å²) >= 11 is 12.0. The summed E-state index contributed by atoms with van der Waals surface area (Å²) in [5.74, 6) is -0.355. The molecule has 2 saturated heterocycles. The number of sulfonamides is 1. The highest BCUT2D eigenvalue weighted by Gasteiger charge is 2.59. The standard InChI is InChI=1S/C23H24Cl2F3N3O3S/c1-14-7-19(3-4-20(14)21(32)29-18-11-31(12-18)35(2,33)34)30-6-5-22(13-30,23(26,27)28)15-8-16(24)10-17(25)9-15/h3-4,7-10,18H,5-6,11-13H2,1-2H3,(H,29,32). The maximum atomic E-state index is 14.4. The maximum absolute atomic E-state index is 14.4. The zero-order valence-corrected chi connectivity index (χ0v) is 21.3. The van der Waals surface area contributed by atoms with Gasteiger partial charge in [0.05, 0.1) is 12.3 Å². The molecule has 0 radical (unpaired) electrons. The summed E-state index contributed by atoms with van der Waals surface area (Å²) < 4.78 is 67.3. The molecule has 2 fully saturated rings. The fourth-order valence-corrected chi connectivity index (χ4v) is 6.08. The molecular formula is C23H24Cl2F3N3O3S.